The van der Waals surface area contributed by atoms with E-state index in [0.29, 0.717) is 0 Å². The minimum absolute atomic E-state index is 0.178. The molecular weight excluding hydrogens is 172 g/mol. The van der Waals surface area contributed by atoms with Crippen LogP contribution in [0.15, 0.2) is 6.20 Å². The smallest absolute Gasteiger partial charge is 0.308 e. The fourth-order valence-corrected chi connectivity index (χ4v) is 0.760. The molecule has 1 N–H and O–H groups in total. The molecule has 1 unspecified atom stereocenters. The molecule has 1 heterocycles. The molecule has 1 aromatic rings. The van der Waals surface area contributed by atoms with E-state index < -0.39 is 11.9 Å². The van der Waals surface area contributed by atoms with Gasteiger partial charge >= 0.3 is 5.97 Å². The summed E-state index contributed by atoms with van der Waals surface area (Å²) in [6.45, 7) is 1.73. The van der Waals surface area contributed by atoms with E-state index in [4.69, 9.17) is 10.4 Å². The van der Waals surface area contributed by atoms with Crippen LogP contribution in [0.25, 0.3) is 0 Å². The van der Waals surface area contributed by atoms with E-state index in [2.05, 4.69) is 10.2 Å². The summed E-state index contributed by atoms with van der Waals surface area (Å²) >= 11 is 0. The van der Waals surface area contributed by atoms with E-state index in [1.54, 1.807) is 6.92 Å². The summed E-state index contributed by atoms with van der Waals surface area (Å²) in [5.74, 6) is -1.46. The number of carboxylic acid groups (broad SMARTS) is 1. The molecule has 0 fully saturated rings. The lowest BCUT2D eigenvalue weighted by atomic mass is 10.2. The average molecular weight is 180 g/mol. The summed E-state index contributed by atoms with van der Waals surface area (Å²) in [5.41, 5.74) is 0.192. The quantitative estimate of drug-likeness (QED) is 0.699. The lowest BCUT2D eigenvalue weighted by Crippen LogP contribution is -2.18. The van der Waals surface area contributed by atoms with Crippen molar-refractivity contribution >= 4 is 5.97 Å². The fourth-order valence-electron chi connectivity index (χ4n) is 0.760. The van der Waals surface area contributed by atoms with E-state index in [9.17, 15) is 4.79 Å². The molecule has 0 aliphatic carbocycles. The summed E-state index contributed by atoms with van der Waals surface area (Å²) in [6.07, 6.45) is 1.30. The summed E-state index contributed by atoms with van der Waals surface area (Å²) in [6, 6.07) is 1.81. The van der Waals surface area contributed by atoms with Gasteiger partial charge in [0.25, 0.3) is 0 Å². The first-order valence-corrected chi connectivity index (χ1v) is 3.66. The Kier molecular flexibility index (Phi) is 2.59. The van der Waals surface area contributed by atoms with Crippen LogP contribution in [0.3, 0.4) is 0 Å². The molecule has 1 atom stereocenters. The topological polar surface area (TPSA) is 91.8 Å². The molecule has 0 aromatic carbocycles. The minimum atomic E-state index is -0.907. The number of hydrogen-bond acceptors (Lipinski definition) is 4. The Labute approximate surface area is 74.4 Å². The molecule has 0 saturated carbocycles. The van der Waals surface area contributed by atoms with Crippen molar-refractivity contribution in [1.82, 2.24) is 15.0 Å². The number of rotatable bonds is 3. The molecule has 0 radical (unpaired) electrons. The van der Waals surface area contributed by atoms with Crippen LogP contribution in [0.5, 0.6) is 0 Å². The Morgan fingerprint density at radius 1 is 1.92 bits per heavy atom. The molecule has 0 aliphatic rings. The number of aromatic nitrogens is 3. The molecule has 1 rings (SSSR count). The number of aliphatic carboxylic acids is 1. The largest absolute Gasteiger partial charge is 0.481 e. The predicted octanol–water partition coefficient (Wildman–Crippen LogP) is -0.130. The van der Waals surface area contributed by atoms with Crippen molar-refractivity contribution in [2.45, 2.75) is 13.5 Å². The second-order valence-electron chi connectivity index (χ2n) is 2.64. The monoisotopic (exact) mass is 180 g/mol. The number of carbonyl (C=O) groups is 1. The maximum absolute atomic E-state index is 10.4. The summed E-state index contributed by atoms with van der Waals surface area (Å²) in [5, 5.41) is 24.4. The van der Waals surface area contributed by atoms with Crippen LogP contribution in [0.1, 0.15) is 12.6 Å². The lowest BCUT2D eigenvalue weighted by molar-refractivity contribution is -0.141. The Hall–Kier alpha value is -1.90. The van der Waals surface area contributed by atoms with Gasteiger partial charge in [-0.15, -0.1) is 5.10 Å². The summed E-state index contributed by atoms with van der Waals surface area (Å²) in [7, 11) is 0. The van der Waals surface area contributed by atoms with Gasteiger partial charge in [0.05, 0.1) is 18.7 Å². The van der Waals surface area contributed by atoms with Crippen LogP contribution in [-0.2, 0) is 11.3 Å². The van der Waals surface area contributed by atoms with Crippen molar-refractivity contribution < 1.29 is 9.90 Å². The normalized spacial score (nSPS) is 12.0. The number of nitrogens with zero attached hydrogens (tertiary/aromatic N) is 4. The SMILES string of the molecule is CC(Cn1ncc(C#N)n1)C(=O)O. The van der Waals surface area contributed by atoms with E-state index >= 15 is 0 Å². The van der Waals surface area contributed by atoms with Gasteiger partial charge in [0.1, 0.15) is 6.07 Å². The molecule has 0 saturated heterocycles. The van der Waals surface area contributed by atoms with Crippen LogP contribution in [-0.4, -0.2) is 26.1 Å². The van der Waals surface area contributed by atoms with Crippen LogP contribution in [0.2, 0.25) is 0 Å². The zero-order valence-electron chi connectivity index (χ0n) is 7.01. The maximum Gasteiger partial charge on any atom is 0.308 e. The molecule has 13 heavy (non-hydrogen) atoms. The van der Waals surface area contributed by atoms with Gasteiger partial charge in [-0.3, -0.25) is 4.79 Å². The standard InChI is InChI=1S/C7H8N4O2/c1-5(7(12)13)4-11-9-3-6(2-8)10-11/h3,5H,4H2,1H3,(H,12,13). The third-order valence-electron chi connectivity index (χ3n) is 1.51. The van der Waals surface area contributed by atoms with Gasteiger partial charge in [-0.2, -0.15) is 15.2 Å². The van der Waals surface area contributed by atoms with Crippen LogP contribution >= 0.6 is 0 Å². The highest BCUT2D eigenvalue weighted by Gasteiger charge is 2.12. The van der Waals surface area contributed by atoms with E-state index in [0.717, 1.165) is 0 Å². The van der Waals surface area contributed by atoms with E-state index in [1.165, 1.54) is 11.0 Å². The molecule has 0 amide bonds. The first-order valence-electron chi connectivity index (χ1n) is 3.66. The number of hydrogen-bond donors (Lipinski definition) is 1. The summed E-state index contributed by atoms with van der Waals surface area (Å²) in [4.78, 5) is 11.7. The van der Waals surface area contributed by atoms with Crippen molar-refractivity contribution in [2.24, 2.45) is 5.92 Å². The first kappa shape index (κ1) is 9.19. The Balaban J connectivity index is 2.65. The number of nitriles is 1. The van der Waals surface area contributed by atoms with E-state index in [1.807, 2.05) is 6.07 Å². The Morgan fingerprint density at radius 2 is 2.62 bits per heavy atom. The fraction of sp³-hybridized carbons (Fsp3) is 0.429. The van der Waals surface area contributed by atoms with Crippen molar-refractivity contribution in [2.75, 3.05) is 0 Å². The zero-order valence-corrected chi connectivity index (χ0v) is 7.01. The molecular formula is C7H8N4O2. The maximum atomic E-state index is 10.4. The third-order valence-corrected chi connectivity index (χ3v) is 1.51. The van der Waals surface area contributed by atoms with Crippen molar-refractivity contribution in [3.05, 3.63) is 11.9 Å². The van der Waals surface area contributed by atoms with Gasteiger partial charge in [0.2, 0.25) is 0 Å². The van der Waals surface area contributed by atoms with Gasteiger partial charge in [-0.05, 0) is 0 Å². The van der Waals surface area contributed by atoms with Crippen LogP contribution in [0, 0.1) is 17.2 Å². The van der Waals surface area contributed by atoms with Crippen molar-refractivity contribution in [1.29, 1.82) is 5.26 Å². The molecule has 0 aliphatic heterocycles. The molecule has 68 valence electrons. The lowest BCUT2D eigenvalue weighted by Gasteiger charge is -2.03. The van der Waals surface area contributed by atoms with Gasteiger partial charge in [0, 0.05) is 0 Å². The molecule has 0 bridgehead atoms. The van der Waals surface area contributed by atoms with Crippen LogP contribution in [0.4, 0.5) is 0 Å². The molecule has 6 nitrogen and oxygen atoms in total. The van der Waals surface area contributed by atoms with Crippen molar-refractivity contribution in [3.8, 4) is 6.07 Å². The Bertz CT molecular complexity index is 352. The van der Waals surface area contributed by atoms with Crippen molar-refractivity contribution in [3.63, 3.8) is 0 Å². The average Bonchev–Trinajstić information content (AvgIpc) is 2.52. The van der Waals surface area contributed by atoms with Gasteiger partial charge in [-0.1, -0.05) is 6.92 Å². The minimum Gasteiger partial charge on any atom is -0.481 e. The van der Waals surface area contributed by atoms with Gasteiger partial charge in [0.15, 0.2) is 5.69 Å². The zero-order chi connectivity index (χ0) is 9.84. The highest BCUT2D eigenvalue weighted by Crippen LogP contribution is 1.98. The highest BCUT2D eigenvalue weighted by molar-refractivity contribution is 5.69. The third kappa shape index (κ3) is 2.27. The van der Waals surface area contributed by atoms with E-state index in [-0.39, 0.29) is 12.2 Å². The summed E-state index contributed by atoms with van der Waals surface area (Å²) < 4.78 is 0. The number of carboxylic acids is 1. The Morgan fingerprint density at radius 3 is 3.08 bits per heavy atom. The second kappa shape index (κ2) is 3.67. The molecule has 6 heteroatoms. The van der Waals surface area contributed by atoms with Crippen LogP contribution < -0.4 is 0 Å². The molecule has 0 spiro atoms. The first-order chi connectivity index (χ1) is 6.13. The van der Waals surface area contributed by atoms with Gasteiger partial charge in [-0.25, -0.2) is 0 Å². The highest BCUT2D eigenvalue weighted by atomic mass is 16.4. The second-order valence-corrected chi connectivity index (χ2v) is 2.64. The predicted molar refractivity (Wildman–Crippen MR) is 41.5 cm³/mol. The molecule has 1 aromatic heterocycles. The van der Waals surface area contributed by atoms with Gasteiger partial charge < -0.3 is 5.11 Å².